The van der Waals surface area contributed by atoms with Crippen LogP contribution in [0.15, 0.2) is 18.2 Å². The Morgan fingerprint density at radius 3 is 3.14 bits per heavy atom. The number of nitrogens with zero attached hydrogens (tertiary/aromatic N) is 1. The Labute approximate surface area is 86.0 Å². The number of para-hydroxylation sites is 1. The molecule has 74 valence electrons. The lowest BCUT2D eigenvalue weighted by molar-refractivity contribution is 0.141. The van der Waals surface area contributed by atoms with Gasteiger partial charge in [0.25, 0.3) is 0 Å². The molecule has 2 rings (SSSR count). The molecule has 4 nitrogen and oxygen atoms in total. The smallest absolute Gasteiger partial charge is 0.132 e. The maximum atomic E-state index is 5.90. The average Bonchev–Trinajstić information content (AvgIpc) is 2.58. The van der Waals surface area contributed by atoms with Crippen molar-refractivity contribution in [2.24, 2.45) is 5.90 Å². The minimum atomic E-state index is 0.476. The lowest BCUT2D eigenvalue weighted by Gasteiger charge is -2.00. The molecule has 2 aromatic rings. The number of nitrogens with two attached hydrogens (primary N) is 1. The third-order valence-electron chi connectivity index (χ3n) is 2.11. The summed E-state index contributed by atoms with van der Waals surface area (Å²) in [6.07, 6.45) is 0.731. The molecule has 0 amide bonds. The minimum Gasteiger partial charge on any atom is -0.304 e. The van der Waals surface area contributed by atoms with Crippen LogP contribution >= 0.6 is 11.6 Å². The van der Waals surface area contributed by atoms with E-state index >= 15 is 0 Å². The molecule has 0 atom stereocenters. The molecule has 5 heteroatoms. The van der Waals surface area contributed by atoms with Gasteiger partial charge in [-0.15, -0.1) is 0 Å². The van der Waals surface area contributed by atoms with Gasteiger partial charge in [-0.3, -0.25) is 5.10 Å². The van der Waals surface area contributed by atoms with Gasteiger partial charge in [-0.05, 0) is 18.1 Å². The molecule has 0 spiro atoms. The van der Waals surface area contributed by atoms with Gasteiger partial charge in [0.1, 0.15) is 5.15 Å². The molecule has 0 fully saturated rings. The molecule has 0 aliphatic heterocycles. The maximum absolute atomic E-state index is 5.90. The first-order valence-electron chi connectivity index (χ1n) is 4.26. The number of aromatic nitrogens is 2. The van der Waals surface area contributed by atoms with Gasteiger partial charge in [0.2, 0.25) is 0 Å². The van der Waals surface area contributed by atoms with Crippen LogP contribution in [0.5, 0.6) is 0 Å². The van der Waals surface area contributed by atoms with E-state index in [0.717, 1.165) is 22.9 Å². The van der Waals surface area contributed by atoms with Crippen LogP contribution in [0.1, 0.15) is 5.56 Å². The first-order chi connectivity index (χ1) is 6.83. The van der Waals surface area contributed by atoms with Crippen LogP contribution in [0.25, 0.3) is 10.9 Å². The van der Waals surface area contributed by atoms with Gasteiger partial charge < -0.3 is 4.84 Å². The largest absolute Gasteiger partial charge is 0.304 e. The second kappa shape index (κ2) is 3.96. The summed E-state index contributed by atoms with van der Waals surface area (Å²) in [5.74, 6) is 4.97. The Bertz CT molecular complexity index is 441. The standard InChI is InChI=1S/C9H10ClN3O/c10-9-7-3-1-2-6(4-5-14-11)8(7)12-13-9/h1-3H,4-5,11H2,(H,12,13). The first-order valence-corrected chi connectivity index (χ1v) is 4.64. The monoisotopic (exact) mass is 211 g/mol. The number of aromatic amines is 1. The second-order valence-corrected chi connectivity index (χ2v) is 3.35. The number of halogens is 1. The number of fused-ring (bicyclic) bond motifs is 1. The van der Waals surface area contributed by atoms with Crippen LogP contribution in [-0.2, 0) is 11.3 Å². The van der Waals surface area contributed by atoms with Gasteiger partial charge in [-0.25, -0.2) is 5.90 Å². The van der Waals surface area contributed by atoms with E-state index in [-0.39, 0.29) is 0 Å². The Morgan fingerprint density at radius 1 is 1.50 bits per heavy atom. The fourth-order valence-electron chi connectivity index (χ4n) is 1.44. The van der Waals surface area contributed by atoms with E-state index in [0.29, 0.717) is 11.8 Å². The molecule has 3 N–H and O–H groups in total. The highest BCUT2D eigenvalue weighted by atomic mass is 35.5. The van der Waals surface area contributed by atoms with E-state index in [4.69, 9.17) is 17.5 Å². The van der Waals surface area contributed by atoms with Crippen LogP contribution in [0.4, 0.5) is 0 Å². The fraction of sp³-hybridized carbons (Fsp3) is 0.222. The van der Waals surface area contributed by atoms with Gasteiger partial charge in [-0.1, -0.05) is 23.7 Å². The number of nitrogens with one attached hydrogen (secondary N) is 1. The summed E-state index contributed by atoms with van der Waals surface area (Å²) in [4.78, 5) is 4.53. The zero-order valence-corrected chi connectivity index (χ0v) is 8.21. The molecule has 14 heavy (non-hydrogen) atoms. The fourth-order valence-corrected chi connectivity index (χ4v) is 1.63. The number of benzene rings is 1. The number of rotatable bonds is 3. The van der Waals surface area contributed by atoms with Gasteiger partial charge in [0.15, 0.2) is 0 Å². The van der Waals surface area contributed by atoms with E-state index < -0.39 is 0 Å². The lowest BCUT2D eigenvalue weighted by atomic mass is 10.1. The van der Waals surface area contributed by atoms with E-state index in [2.05, 4.69) is 15.0 Å². The summed E-state index contributed by atoms with van der Waals surface area (Å²) in [5, 5.41) is 8.35. The van der Waals surface area contributed by atoms with Crippen LogP contribution < -0.4 is 5.90 Å². The van der Waals surface area contributed by atoms with Crippen LogP contribution in [0.2, 0.25) is 5.15 Å². The molecule has 0 unspecified atom stereocenters. The molecule has 0 bridgehead atoms. The molecule has 1 heterocycles. The van der Waals surface area contributed by atoms with Crippen molar-refractivity contribution in [2.45, 2.75) is 6.42 Å². The van der Waals surface area contributed by atoms with Crippen molar-refractivity contribution in [2.75, 3.05) is 6.61 Å². The molecule has 0 aliphatic carbocycles. The highest BCUT2D eigenvalue weighted by Gasteiger charge is 2.06. The molecule has 0 radical (unpaired) electrons. The summed E-state index contributed by atoms with van der Waals surface area (Å²) in [6, 6.07) is 5.85. The summed E-state index contributed by atoms with van der Waals surface area (Å²) in [5.41, 5.74) is 1.96. The quantitative estimate of drug-likeness (QED) is 0.759. The van der Waals surface area contributed by atoms with Gasteiger partial charge in [0.05, 0.1) is 12.1 Å². The Kier molecular flexibility index (Phi) is 2.67. The Hall–Kier alpha value is -1.10. The van der Waals surface area contributed by atoms with Crippen molar-refractivity contribution in [1.82, 2.24) is 10.2 Å². The predicted molar refractivity (Wildman–Crippen MR) is 54.9 cm³/mol. The van der Waals surface area contributed by atoms with Crippen LogP contribution in [0, 0.1) is 0 Å². The molecule has 0 saturated carbocycles. The SMILES string of the molecule is NOCCc1cccc2c(Cl)[nH]nc12. The van der Waals surface area contributed by atoms with Gasteiger partial charge in [-0.2, -0.15) is 5.10 Å². The summed E-state index contributed by atoms with van der Waals surface area (Å²) < 4.78 is 0. The van der Waals surface area contributed by atoms with Crippen molar-refractivity contribution < 1.29 is 4.84 Å². The average molecular weight is 212 g/mol. The number of hydrogen-bond acceptors (Lipinski definition) is 3. The predicted octanol–water partition coefficient (Wildman–Crippen LogP) is 1.65. The van der Waals surface area contributed by atoms with Crippen LogP contribution in [0.3, 0.4) is 0 Å². The van der Waals surface area contributed by atoms with Crippen molar-refractivity contribution >= 4 is 22.5 Å². The second-order valence-electron chi connectivity index (χ2n) is 2.97. The summed E-state index contributed by atoms with van der Waals surface area (Å²) in [6.45, 7) is 0.476. The third kappa shape index (κ3) is 1.59. The van der Waals surface area contributed by atoms with Gasteiger partial charge >= 0.3 is 0 Å². The van der Waals surface area contributed by atoms with Crippen molar-refractivity contribution in [1.29, 1.82) is 0 Å². The molecule has 1 aromatic heterocycles. The van der Waals surface area contributed by atoms with E-state index in [1.165, 1.54) is 0 Å². The van der Waals surface area contributed by atoms with Crippen molar-refractivity contribution in [3.63, 3.8) is 0 Å². The van der Waals surface area contributed by atoms with E-state index in [1.807, 2.05) is 18.2 Å². The zero-order valence-electron chi connectivity index (χ0n) is 7.46. The number of H-pyrrole nitrogens is 1. The first kappa shape index (κ1) is 9.45. The number of hydrogen-bond donors (Lipinski definition) is 2. The maximum Gasteiger partial charge on any atom is 0.132 e. The summed E-state index contributed by atoms with van der Waals surface area (Å²) in [7, 11) is 0. The molecular formula is C9H10ClN3O. The molecule has 0 aliphatic rings. The summed E-state index contributed by atoms with van der Waals surface area (Å²) >= 11 is 5.90. The molecule has 1 aromatic carbocycles. The minimum absolute atomic E-state index is 0.476. The molecular weight excluding hydrogens is 202 g/mol. The van der Waals surface area contributed by atoms with Crippen LogP contribution in [-0.4, -0.2) is 16.8 Å². The Morgan fingerprint density at radius 2 is 2.36 bits per heavy atom. The third-order valence-corrected chi connectivity index (χ3v) is 2.40. The van der Waals surface area contributed by atoms with Crippen molar-refractivity contribution in [3.05, 3.63) is 28.9 Å². The topological polar surface area (TPSA) is 63.9 Å². The normalized spacial score (nSPS) is 11.0. The molecule has 0 saturated heterocycles. The van der Waals surface area contributed by atoms with Gasteiger partial charge in [0, 0.05) is 5.39 Å². The zero-order chi connectivity index (χ0) is 9.97. The van der Waals surface area contributed by atoms with E-state index in [1.54, 1.807) is 0 Å². The Balaban J connectivity index is 2.44. The highest BCUT2D eigenvalue weighted by Crippen LogP contribution is 2.23. The lowest BCUT2D eigenvalue weighted by Crippen LogP contribution is -2.03. The van der Waals surface area contributed by atoms with E-state index in [9.17, 15) is 0 Å². The highest BCUT2D eigenvalue weighted by molar-refractivity contribution is 6.34. The van der Waals surface area contributed by atoms with Crippen molar-refractivity contribution in [3.8, 4) is 0 Å².